The second kappa shape index (κ2) is 8.05. The fourth-order valence-corrected chi connectivity index (χ4v) is 3.08. The largest absolute Gasteiger partial charge is 0.491 e. The molecule has 0 aromatic heterocycles. The smallest absolute Gasteiger partial charge is 0.261 e. The molecule has 0 aliphatic carbocycles. The summed E-state index contributed by atoms with van der Waals surface area (Å²) in [5.41, 5.74) is -0.407. The van der Waals surface area contributed by atoms with Crippen LogP contribution in [-0.4, -0.2) is 51.1 Å². The van der Waals surface area contributed by atoms with Gasteiger partial charge in [0.05, 0.1) is 18.5 Å². The Hall–Kier alpha value is -2.81. The van der Waals surface area contributed by atoms with Gasteiger partial charge in [0.25, 0.3) is 5.91 Å². The zero-order valence-corrected chi connectivity index (χ0v) is 15.4. The maximum Gasteiger partial charge on any atom is 0.261 e. The minimum absolute atomic E-state index is 0.285. The number of para-hydroxylation sites is 2. The number of ether oxygens (including phenoxy) is 1. The van der Waals surface area contributed by atoms with E-state index >= 15 is 0 Å². The molecule has 1 aliphatic heterocycles. The van der Waals surface area contributed by atoms with Gasteiger partial charge in [-0.3, -0.25) is 4.79 Å². The summed E-state index contributed by atoms with van der Waals surface area (Å²) in [4.78, 5) is 16.6. The van der Waals surface area contributed by atoms with Crippen molar-refractivity contribution in [3.63, 3.8) is 0 Å². The number of carbonyl (C=O) groups is 1. The average Bonchev–Trinajstić information content (AvgIpc) is 2.68. The molecule has 28 heavy (non-hydrogen) atoms. The van der Waals surface area contributed by atoms with Crippen LogP contribution in [0.15, 0.2) is 24.3 Å². The number of carbonyl (C=O) groups excluding carboxylic acids is 1. The quantitative estimate of drug-likeness (QED) is 0.636. The first-order valence-electron chi connectivity index (χ1n) is 8.59. The van der Waals surface area contributed by atoms with Gasteiger partial charge in [-0.2, -0.15) is 8.78 Å². The van der Waals surface area contributed by atoms with Crippen LogP contribution in [0.1, 0.15) is 10.4 Å². The number of nitrogens with one attached hydrogen (secondary N) is 1. The van der Waals surface area contributed by atoms with E-state index in [0.29, 0.717) is 18.8 Å². The van der Waals surface area contributed by atoms with E-state index in [2.05, 4.69) is 15.0 Å². The second-order valence-corrected chi connectivity index (χ2v) is 6.43. The molecular formula is C19H19F4N3O2. The Morgan fingerprint density at radius 1 is 0.964 bits per heavy atom. The molecule has 1 heterocycles. The van der Waals surface area contributed by atoms with E-state index in [4.69, 9.17) is 0 Å². The number of nitrogens with zero attached hydrogens (tertiary/aromatic N) is 2. The summed E-state index contributed by atoms with van der Waals surface area (Å²) in [7, 11) is 2.86. The first-order valence-corrected chi connectivity index (χ1v) is 8.59. The van der Waals surface area contributed by atoms with Crippen molar-refractivity contribution in [2.75, 3.05) is 50.6 Å². The Kier molecular flexibility index (Phi) is 5.73. The van der Waals surface area contributed by atoms with Gasteiger partial charge in [-0.25, -0.2) is 8.78 Å². The lowest BCUT2D eigenvalue weighted by molar-refractivity contribution is 0.101. The number of hydrogen-bond donors (Lipinski definition) is 1. The highest BCUT2D eigenvalue weighted by atomic mass is 19.2. The van der Waals surface area contributed by atoms with E-state index in [1.807, 2.05) is 11.9 Å². The van der Waals surface area contributed by atoms with E-state index in [-0.39, 0.29) is 5.69 Å². The van der Waals surface area contributed by atoms with Gasteiger partial charge in [0, 0.05) is 26.2 Å². The van der Waals surface area contributed by atoms with Crippen molar-refractivity contribution in [1.82, 2.24) is 4.90 Å². The third-order valence-electron chi connectivity index (χ3n) is 4.65. The number of amides is 1. The minimum Gasteiger partial charge on any atom is -0.491 e. The summed E-state index contributed by atoms with van der Waals surface area (Å²) in [5.74, 6) is -9.67. The van der Waals surface area contributed by atoms with Crippen LogP contribution >= 0.6 is 0 Å². The summed E-state index contributed by atoms with van der Waals surface area (Å²) in [6.45, 7) is 3.00. The van der Waals surface area contributed by atoms with E-state index in [1.54, 1.807) is 24.3 Å². The van der Waals surface area contributed by atoms with Crippen LogP contribution in [0.4, 0.5) is 28.9 Å². The molecule has 0 spiro atoms. The van der Waals surface area contributed by atoms with Crippen LogP contribution in [0.25, 0.3) is 0 Å². The van der Waals surface area contributed by atoms with Crippen LogP contribution in [-0.2, 0) is 0 Å². The molecule has 0 radical (unpaired) electrons. The van der Waals surface area contributed by atoms with Crippen LogP contribution in [0, 0.1) is 23.3 Å². The lowest BCUT2D eigenvalue weighted by atomic mass is 10.1. The first kappa shape index (κ1) is 19.9. The standard InChI is InChI=1S/C19H19F4N3O2/c1-25-7-9-26(10-8-25)12-6-4-3-5-11(12)24-19(27)13-14(20)16(22)18(28-2)17(23)15(13)21/h3-6H,7-10H2,1-2H3,(H,24,27). The fraction of sp³-hybridized carbons (Fsp3) is 0.316. The van der Waals surface area contributed by atoms with Gasteiger partial charge in [0.15, 0.2) is 17.4 Å². The molecule has 2 aromatic rings. The number of methoxy groups -OCH3 is 1. The normalized spacial score (nSPS) is 14.9. The molecular weight excluding hydrogens is 378 g/mol. The van der Waals surface area contributed by atoms with Crippen molar-refractivity contribution in [3.8, 4) is 5.75 Å². The SMILES string of the molecule is COc1c(F)c(F)c(C(=O)Nc2ccccc2N2CCN(C)CC2)c(F)c1F. The molecule has 3 rings (SSSR count). The third-order valence-corrected chi connectivity index (χ3v) is 4.65. The molecule has 0 bridgehead atoms. The zero-order valence-electron chi connectivity index (χ0n) is 15.4. The van der Waals surface area contributed by atoms with Crippen molar-refractivity contribution in [3.05, 3.63) is 53.1 Å². The summed E-state index contributed by atoms with van der Waals surface area (Å²) < 4.78 is 60.6. The predicted octanol–water partition coefficient (Wildman–Crippen LogP) is 3.26. The molecule has 1 aliphatic rings. The van der Waals surface area contributed by atoms with Crippen molar-refractivity contribution in [2.24, 2.45) is 0 Å². The lowest BCUT2D eigenvalue weighted by Gasteiger charge is -2.35. The topological polar surface area (TPSA) is 44.8 Å². The minimum atomic E-state index is -1.81. The highest BCUT2D eigenvalue weighted by molar-refractivity contribution is 6.06. The predicted molar refractivity (Wildman–Crippen MR) is 96.9 cm³/mol. The van der Waals surface area contributed by atoms with Crippen LogP contribution < -0.4 is 15.0 Å². The molecule has 0 saturated carbocycles. The maximum atomic E-state index is 14.2. The van der Waals surface area contributed by atoms with Gasteiger partial charge < -0.3 is 19.9 Å². The first-order chi connectivity index (χ1) is 13.3. The number of rotatable bonds is 4. The van der Waals surface area contributed by atoms with Crippen LogP contribution in [0.2, 0.25) is 0 Å². The van der Waals surface area contributed by atoms with Gasteiger partial charge in [0.2, 0.25) is 11.6 Å². The molecule has 5 nitrogen and oxygen atoms in total. The number of likely N-dealkylation sites (N-methyl/N-ethyl adjacent to an activating group) is 1. The molecule has 1 N–H and O–H groups in total. The van der Waals surface area contributed by atoms with Crippen LogP contribution in [0.3, 0.4) is 0 Å². The molecule has 0 atom stereocenters. The number of piperazine rings is 1. The van der Waals surface area contributed by atoms with Gasteiger partial charge in [0.1, 0.15) is 5.56 Å². The third kappa shape index (κ3) is 3.62. The Morgan fingerprint density at radius 3 is 2.11 bits per heavy atom. The van der Waals surface area contributed by atoms with Crippen LogP contribution in [0.5, 0.6) is 5.75 Å². The van der Waals surface area contributed by atoms with Crippen molar-refractivity contribution >= 4 is 17.3 Å². The molecule has 1 amide bonds. The number of anilines is 2. The Morgan fingerprint density at radius 2 is 1.54 bits per heavy atom. The Bertz CT molecular complexity index is 870. The highest BCUT2D eigenvalue weighted by Gasteiger charge is 2.30. The molecule has 2 aromatic carbocycles. The maximum absolute atomic E-state index is 14.2. The molecule has 1 fully saturated rings. The van der Waals surface area contributed by atoms with Crippen molar-refractivity contribution < 1.29 is 27.1 Å². The van der Waals surface area contributed by atoms with Gasteiger partial charge in [-0.05, 0) is 19.2 Å². The zero-order chi connectivity index (χ0) is 20.4. The van der Waals surface area contributed by atoms with Gasteiger partial charge in [-0.1, -0.05) is 12.1 Å². The molecule has 9 heteroatoms. The molecule has 150 valence electrons. The molecule has 0 unspecified atom stereocenters. The van der Waals surface area contributed by atoms with Gasteiger partial charge >= 0.3 is 0 Å². The van der Waals surface area contributed by atoms with Crippen molar-refractivity contribution in [2.45, 2.75) is 0 Å². The Labute approximate surface area is 159 Å². The van der Waals surface area contributed by atoms with E-state index in [9.17, 15) is 22.4 Å². The summed E-state index contributed by atoms with van der Waals surface area (Å²) in [6, 6.07) is 6.70. The Balaban J connectivity index is 1.93. The average molecular weight is 397 g/mol. The number of hydrogen-bond acceptors (Lipinski definition) is 4. The van der Waals surface area contributed by atoms with E-state index < -0.39 is 40.5 Å². The highest BCUT2D eigenvalue weighted by Crippen LogP contribution is 2.32. The summed E-state index contributed by atoms with van der Waals surface area (Å²) in [6.07, 6.45) is 0. The van der Waals surface area contributed by atoms with Gasteiger partial charge in [-0.15, -0.1) is 0 Å². The summed E-state index contributed by atoms with van der Waals surface area (Å²) >= 11 is 0. The molecule has 1 saturated heterocycles. The van der Waals surface area contributed by atoms with E-state index in [0.717, 1.165) is 20.2 Å². The second-order valence-electron chi connectivity index (χ2n) is 6.43. The number of benzene rings is 2. The lowest BCUT2D eigenvalue weighted by Crippen LogP contribution is -2.44. The monoisotopic (exact) mass is 397 g/mol. The summed E-state index contributed by atoms with van der Waals surface area (Å²) in [5, 5.41) is 2.36. The fourth-order valence-electron chi connectivity index (χ4n) is 3.08. The van der Waals surface area contributed by atoms with Crippen molar-refractivity contribution in [1.29, 1.82) is 0 Å². The van der Waals surface area contributed by atoms with E-state index in [1.165, 1.54) is 0 Å². The number of halogens is 4.